The summed E-state index contributed by atoms with van der Waals surface area (Å²) in [5, 5.41) is 0. The molecular weight excluding hydrogens is 250 g/mol. The number of rotatable bonds is 3. The van der Waals surface area contributed by atoms with E-state index in [4.69, 9.17) is 10.7 Å². The highest BCUT2D eigenvalue weighted by atomic mass is 15.3. The van der Waals surface area contributed by atoms with Gasteiger partial charge in [-0.05, 0) is 39.1 Å². The lowest BCUT2D eigenvalue weighted by atomic mass is 10.0. The van der Waals surface area contributed by atoms with Gasteiger partial charge in [0.25, 0.3) is 0 Å². The number of pyridine rings is 1. The molecule has 2 aromatic rings. The van der Waals surface area contributed by atoms with Gasteiger partial charge in [-0.2, -0.15) is 0 Å². The first-order valence-electron chi connectivity index (χ1n) is 7.28. The van der Waals surface area contributed by atoms with Crippen molar-refractivity contribution in [1.82, 2.24) is 14.3 Å². The lowest BCUT2D eigenvalue weighted by Gasteiger charge is -2.35. The van der Waals surface area contributed by atoms with E-state index in [1.54, 1.807) is 0 Å². The maximum atomic E-state index is 5.95. The van der Waals surface area contributed by atoms with Crippen LogP contribution in [-0.4, -0.2) is 47.5 Å². The zero-order chi connectivity index (χ0) is 14.1. The lowest BCUT2D eigenvalue weighted by molar-refractivity contribution is 0.249. The third-order valence-electron chi connectivity index (χ3n) is 4.30. The Balaban J connectivity index is 1.87. The predicted molar refractivity (Wildman–Crippen MR) is 82.0 cm³/mol. The highest BCUT2D eigenvalue weighted by molar-refractivity contribution is 5.56. The molecule has 0 aromatic carbocycles. The molecule has 20 heavy (non-hydrogen) atoms. The Morgan fingerprint density at radius 2 is 2.05 bits per heavy atom. The number of aromatic nitrogens is 2. The number of nitrogens with zero attached hydrogens (tertiary/aromatic N) is 4. The summed E-state index contributed by atoms with van der Waals surface area (Å²) in [4.78, 5) is 9.48. The average Bonchev–Trinajstić information content (AvgIpc) is 2.85. The minimum Gasteiger partial charge on any atom is -0.355 e. The van der Waals surface area contributed by atoms with Gasteiger partial charge in [0.2, 0.25) is 0 Å². The maximum absolute atomic E-state index is 5.95. The smallest absolute Gasteiger partial charge is 0.152 e. The van der Waals surface area contributed by atoms with Crippen molar-refractivity contribution in [1.29, 1.82) is 0 Å². The van der Waals surface area contributed by atoms with Crippen LogP contribution in [0.1, 0.15) is 18.5 Å². The van der Waals surface area contributed by atoms with E-state index >= 15 is 0 Å². The van der Waals surface area contributed by atoms with Crippen LogP contribution in [0.4, 0.5) is 5.82 Å². The fourth-order valence-corrected chi connectivity index (χ4v) is 3.07. The van der Waals surface area contributed by atoms with Crippen LogP contribution in [-0.2, 0) is 6.54 Å². The minimum absolute atomic E-state index is 0.522. The Bertz CT molecular complexity index is 581. The summed E-state index contributed by atoms with van der Waals surface area (Å²) in [7, 11) is 4.33. The molecule has 108 valence electrons. The monoisotopic (exact) mass is 273 g/mol. The molecule has 0 saturated carbocycles. The molecule has 0 radical (unpaired) electrons. The van der Waals surface area contributed by atoms with Gasteiger partial charge < -0.3 is 19.9 Å². The van der Waals surface area contributed by atoms with Crippen LogP contribution in [0.15, 0.2) is 24.4 Å². The van der Waals surface area contributed by atoms with Crippen LogP contribution in [0.2, 0.25) is 0 Å². The van der Waals surface area contributed by atoms with Crippen molar-refractivity contribution in [3.05, 3.63) is 30.1 Å². The summed E-state index contributed by atoms with van der Waals surface area (Å²) < 4.78 is 2.10. The van der Waals surface area contributed by atoms with Crippen molar-refractivity contribution in [3.8, 4) is 0 Å². The molecule has 0 unspecified atom stereocenters. The van der Waals surface area contributed by atoms with E-state index in [2.05, 4.69) is 28.3 Å². The van der Waals surface area contributed by atoms with E-state index in [1.165, 1.54) is 12.8 Å². The fourth-order valence-electron chi connectivity index (χ4n) is 3.07. The van der Waals surface area contributed by atoms with Crippen LogP contribution in [0.25, 0.3) is 5.65 Å². The second-order valence-electron chi connectivity index (χ2n) is 5.70. The zero-order valence-corrected chi connectivity index (χ0v) is 12.3. The lowest BCUT2D eigenvalue weighted by Crippen LogP contribution is -2.42. The van der Waals surface area contributed by atoms with Crippen molar-refractivity contribution in [2.45, 2.75) is 25.4 Å². The second kappa shape index (κ2) is 5.42. The van der Waals surface area contributed by atoms with E-state index in [-0.39, 0.29) is 0 Å². The molecule has 1 fully saturated rings. The molecule has 0 bridgehead atoms. The molecule has 2 N–H and O–H groups in total. The number of imidazole rings is 1. The Morgan fingerprint density at radius 1 is 1.30 bits per heavy atom. The van der Waals surface area contributed by atoms with Crippen molar-refractivity contribution in [2.75, 3.05) is 32.1 Å². The summed E-state index contributed by atoms with van der Waals surface area (Å²) in [6, 6.07) is 6.76. The summed E-state index contributed by atoms with van der Waals surface area (Å²) in [6.45, 7) is 2.63. The molecule has 1 saturated heterocycles. The quantitative estimate of drug-likeness (QED) is 0.916. The Hall–Kier alpha value is -1.59. The predicted octanol–water partition coefficient (Wildman–Crippen LogP) is 1.32. The van der Waals surface area contributed by atoms with Gasteiger partial charge in [0.05, 0.1) is 5.69 Å². The molecule has 1 aliphatic heterocycles. The van der Waals surface area contributed by atoms with E-state index in [0.717, 1.165) is 30.2 Å². The average molecular weight is 273 g/mol. The maximum Gasteiger partial charge on any atom is 0.152 e. The largest absolute Gasteiger partial charge is 0.355 e. The van der Waals surface area contributed by atoms with E-state index in [1.807, 2.05) is 24.4 Å². The first kappa shape index (κ1) is 13.4. The van der Waals surface area contributed by atoms with Crippen molar-refractivity contribution < 1.29 is 0 Å². The molecule has 1 aliphatic rings. The molecule has 2 aromatic heterocycles. The van der Waals surface area contributed by atoms with Crippen molar-refractivity contribution in [2.24, 2.45) is 5.73 Å². The van der Waals surface area contributed by atoms with Gasteiger partial charge in [-0.25, -0.2) is 4.98 Å². The fraction of sp³-hybridized carbons (Fsp3) is 0.533. The topological polar surface area (TPSA) is 49.8 Å². The highest BCUT2D eigenvalue weighted by Gasteiger charge is 2.24. The molecule has 3 rings (SSSR count). The van der Waals surface area contributed by atoms with Crippen molar-refractivity contribution >= 4 is 11.5 Å². The first-order valence-corrected chi connectivity index (χ1v) is 7.28. The van der Waals surface area contributed by atoms with Gasteiger partial charge >= 0.3 is 0 Å². The number of hydrogen-bond donors (Lipinski definition) is 1. The summed E-state index contributed by atoms with van der Waals surface area (Å²) in [5.41, 5.74) is 8.05. The molecule has 0 aliphatic carbocycles. The molecule has 3 heterocycles. The number of anilines is 1. The highest BCUT2D eigenvalue weighted by Crippen LogP contribution is 2.25. The number of nitrogens with two attached hydrogens (primary N) is 1. The molecular formula is C15H23N5. The Kier molecular flexibility index (Phi) is 3.63. The van der Waals surface area contributed by atoms with Gasteiger partial charge in [0.15, 0.2) is 5.82 Å². The van der Waals surface area contributed by atoms with E-state index in [0.29, 0.717) is 12.6 Å². The standard InChI is InChI=1S/C15H23N5/c1-18(2)12-6-9-19(10-7-12)15-13(11-16)20-8-4-3-5-14(20)17-15/h3-5,8,12H,6-7,9-11,16H2,1-2H3. The zero-order valence-electron chi connectivity index (χ0n) is 12.3. The van der Waals surface area contributed by atoms with Gasteiger partial charge in [-0.1, -0.05) is 6.07 Å². The molecule has 0 atom stereocenters. The van der Waals surface area contributed by atoms with E-state index in [9.17, 15) is 0 Å². The third kappa shape index (κ3) is 2.27. The summed E-state index contributed by atoms with van der Waals surface area (Å²) in [6.07, 6.45) is 4.41. The number of hydrogen-bond acceptors (Lipinski definition) is 4. The van der Waals surface area contributed by atoms with Crippen LogP contribution >= 0.6 is 0 Å². The Labute approximate surface area is 120 Å². The number of fused-ring (bicyclic) bond motifs is 1. The molecule has 5 nitrogen and oxygen atoms in total. The van der Waals surface area contributed by atoms with Crippen LogP contribution in [0.3, 0.4) is 0 Å². The minimum atomic E-state index is 0.522. The van der Waals surface area contributed by atoms with Crippen LogP contribution in [0, 0.1) is 0 Å². The summed E-state index contributed by atoms with van der Waals surface area (Å²) in [5.74, 6) is 1.07. The SMILES string of the molecule is CN(C)C1CCN(c2nc3ccccn3c2CN)CC1. The molecule has 5 heteroatoms. The van der Waals surface area contributed by atoms with Gasteiger partial charge in [-0.3, -0.25) is 0 Å². The number of piperidine rings is 1. The third-order valence-corrected chi connectivity index (χ3v) is 4.30. The van der Waals surface area contributed by atoms with Crippen LogP contribution < -0.4 is 10.6 Å². The Morgan fingerprint density at radius 3 is 2.70 bits per heavy atom. The van der Waals surface area contributed by atoms with Gasteiger partial charge in [-0.15, -0.1) is 0 Å². The second-order valence-corrected chi connectivity index (χ2v) is 5.70. The normalized spacial score (nSPS) is 17.3. The molecule has 0 amide bonds. The van der Waals surface area contributed by atoms with Crippen molar-refractivity contribution in [3.63, 3.8) is 0 Å². The molecule has 0 spiro atoms. The van der Waals surface area contributed by atoms with Crippen LogP contribution in [0.5, 0.6) is 0 Å². The van der Waals surface area contributed by atoms with Gasteiger partial charge in [0, 0.05) is 31.9 Å². The first-order chi connectivity index (χ1) is 9.70. The van der Waals surface area contributed by atoms with Gasteiger partial charge in [0.1, 0.15) is 5.65 Å². The van der Waals surface area contributed by atoms with E-state index < -0.39 is 0 Å². The summed E-state index contributed by atoms with van der Waals surface area (Å²) >= 11 is 0.